The second-order valence-electron chi connectivity index (χ2n) is 17.5. The average Bonchev–Trinajstić information content (AvgIpc) is 3.17. The Labute approximate surface area is 359 Å². The van der Waals surface area contributed by atoms with E-state index in [1.54, 1.807) is 6.08 Å². The van der Waals surface area contributed by atoms with Crippen molar-refractivity contribution in [2.45, 2.75) is 219 Å². The third kappa shape index (κ3) is 42.6. The Morgan fingerprint density at radius 1 is 0.586 bits per heavy atom. The van der Waals surface area contributed by atoms with Gasteiger partial charge in [0.25, 0.3) is 0 Å². The molecule has 3 atom stereocenters. The van der Waals surface area contributed by atoms with E-state index in [2.05, 4.69) is 55.6 Å². The van der Waals surface area contributed by atoms with Crippen LogP contribution < -0.4 is 5.32 Å². The number of rotatable bonds is 43. The van der Waals surface area contributed by atoms with Gasteiger partial charge in [0.05, 0.1) is 39.9 Å². The molecule has 3 unspecified atom stereocenters. The van der Waals surface area contributed by atoms with E-state index in [-0.39, 0.29) is 19.1 Å². The summed E-state index contributed by atoms with van der Waals surface area (Å²) in [5.41, 5.74) is 0. The lowest BCUT2D eigenvalue weighted by molar-refractivity contribution is -0.870. The van der Waals surface area contributed by atoms with E-state index in [0.717, 1.165) is 51.4 Å². The van der Waals surface area contributed by atoms with Gasteiger partial charge in [0.2, 0.25) is 5.91 Å². The van der Waals surface area contributed by atoms with Crippen LogP contribution in [0, 0.1) is 0 Å². The van der Waals surface area contributed by atoms with Crippen molar-refractivity contribution < 1.29 is 32.9 Å². The SMILES string of the molecule is CCCCCCC/C=C\C/C=C\C/C=C\CCCCCCCCCCCCC(=O)NC(COP(=O)(O)OCC[N+](C)(C)C)C(O)/C=C/CCCCCCCCCCC. The van der Waals surface area contributed by atoms with Crippen molar-refractivity contribution in [1.29, 1.82) is 0 Å². The summed E-state index contributed by atoms with van der Waals surface area (Å²) in [7, 11) is 1.56. The molecule has 9 heteroatoms. The maximum Gasteiger partial charge on any atom is 0.472 e. The van der Waals surface area contributed by atoms with Gasteiger partial charge in [-0.2, -0.15) is 0 Å². The normalized spacial score (nSPS) is 14.7. The fraction of sp³-hybridized carbons (Fsp3) is 0.816. The lowest BCUT2D eigenvalue weighted by Crippen LogP contribution is -2.45. The zero-order chi connectivity index (χ0) is 42.8. The molecule has 0 radical (unpaired) electrons. The molecule has 0 spiro atoms. The Hall–Kier alpha value is -1.54. The first kappa shape index (κ1) is 56.5. The van der Waals surface area contributed by atoms with E-state index >= 15 is 0 Å². The molecule has 0 heterocycles. The van der Waals surface area contributed by atoms with Crippen LogP contribution >= 0.6 is 7.82 Å². The quantitative estimate of drug-likeness (QED) is 0.0244. The summed E-state index contributed by atoms with van der Waals surface area (Å²) in [5.74, 6) is -0.184. The van der Waals surface area contributed by atoms with E-state index in [0.29, 0.717) is 17.4 Å². The van der Waals surface area contributed by atoms with Gasteiger partial charge in [-0.1, -0.05) is 191 Å². The van der Waals surface area contributed by atoms with Gasteiger partial charge in [0, 0.05) is 6.42 Å². The van der Waals surface area contributed by atoms with Crippen LogP contribution in [0.5, 0.6) is 0 Å². The number of phosphoric ester groups is 1. The molecule has 340 valence electrons. The third-order valence-corrected chi connectivity index (χ3v) is 11.5. The molecule has 0 saturated carbocycles. The number of aliphatic hydroxyl groups is 1. The molecule has 0 aromatic heterocycles. The van der Waals surface area contributed by atoms with Crippen molar-refractivity contribution in [3.63, 3.8) is 0 Å². The van der Waals surface area contributed by atoms with Crippen LogP contribution in [0.1, 0.15) is 206 Å². The van der Waals surface area contributed by atoms with Gasteiger partial charge >= 0.3 is 7.82 Å². The summed E-state index contributed by atoms with van der Waals surface area (Å²) in [4.78, 5) is 23.1. The van der Waals surface area contributed by atoms with Gasteiger partial charge in [-0.25, -0.2) is 4.57 Å². The Morgan fingerprint density at radius 2 is 0.983 bits per heavy atom. The second kappa shape index (κ2) is 40.8. The number of unbranched alkanes of at least 4 members (excludes halogenated alkanes) is 24. The number of allylic oxidation sites excluding steroid dienone is 7. The number of amides is 1. The van der Waals surface area contributed by atoms with Crippen molar-refractivity contribution in [2.24, 2.45) is 0 Å². The van der Waals surface area contributed by atoms with Crippen LogP contribution in [0.25, 0.3) is 0 Å². The predicted octanol–water partition coefficient (Wildman–Crippen LogP) is 13.6. The van der Waals surface area contributed by atoms with Crippen LogP contribution in [0.2, 0.25) is 0 Å². The first-order valence-electron chi connectivity index (χ1n) is 24.0. The number of likely N-dealkylation sites (N-methyl/N-ethyl adjacent to an activating group) is 1. The molecule has 8 nitrogen and oxygen atoms in total. The molecule has 0 aliphatic rings. The highest BCUT2D eigenvalue weighted by atomic mass is 31.2. The number of aliphatic hydroxyl groups excluding tert-OH is 1. The molecular weight excluding hydrogens is 744 g/mol. The summed E-state index contributed by atoms with van der Waals surface area (Å²) in [6.45, 7) is 4.78. The highest BCUT2D eigenvalue weighted by molar-refractivity contribution is 7.47. The van der Waals surface area contributed by atoms with Gasteiger partial charge in [0.1, 0.15) is 13.2 Å². The summed E-state index contributed by atoms with van der Waals surface area (Å²) in [6, 6.07) is -0.848. The lowest BCUT2D eigenvalue weighted by atomic mass is 10.0. The topological polar surface area (TPSA) is 105 Å². The monoisotopic (exact) mass is 838 g/mol. The van der Waals surface area contributed by atoms with Crippen LogP contribution in [0.3, 0.4) is 0 Å². The number of carbonyl (C=O) groups is 1. The summed E-state index contributed by atoms with van der Waals surface area (Å²) in [6.07, 6.45) is 51.9. The standard InChI is InChI=1S/C49H93N2O6P/c1-6-8-10-12-14-16-18-19-20-21-22-23-24-25-26-27-28-29-30-31-33-35-37-39-41-43-49(53)50-47(46-57-58(54,55)56-45-44-51(3,4)5)48(52)42-40-38-36-34-32-17-15-13-11-9-7-2/h18-19,21-22,24-25,40,42,47-48,52H,6-17,20,23,26-39,41,43-46H2,1-5H3,(H-,50,53,54,55)/p+1/b19-18-,22-21-,25-24-,42-40+. The summed E-state index contributed by atoms with van der Waals surface area (Å²) in [5, 5.41) is 13.8. The van der Waals surface area contributed by atoms with Crippen molar-refractivity contribution in [3.05, 3.63) is 48.6 Å². The van der Waals surface area contributed by atoms with E-state index < -0.39 is 20.0 Å². The molecule has 58 heavy (non-hydrogen) atoms. The highest BCUT2D eigenvalue weighted by Crippen LogP contribution is 2.43. The Kier molecular flexibility index (Phi) is 39.8. The number of hydrogen-bond acceptors (Lipinski definition) is 5. The molecule has 0 aliphatic heterocycles. The predicted molar refractivity (Wildman–Crippen MR) is 249 cm³/mol. The molecule has 1 amide bonds. The Morgan fingerprint density at radius 3 is 1.43 bits per heavy atom. The van der Waals surface area contributed by atoms with Gasteiger partial charge < -0.3 is 19.8 Å². The van der Waals surface area contributed by atoms with E-state index in [1.807, 2.05) is 27.2 Å². The van der Waals surface area contributed by atoms with Gasteiger partial charge in [-0.3, -0.25) is 13.8 Å². The average molecular weight is 838 g/mol. The second-order valence-corrected chi connectivity index (χ2v) is 18.9. The maximum absolute atomic E-state index is 12.9. The zero-order valence-electron chi connectivity index (χ0n) is 38.5. The van der Waals surface area contributed by atoms with Crippen LogP contribution in [-0.4, -0.2) is 73.4 Å². The molecule has 0 aromatic carbocycles. The number of nitrogens with zero attached hydrogens (tertiary/aromatic N) is 1. The molecule has 0 aromatic rings. The smallest absolute Gasteiger partial charge is 0.387 e. The van der Waals surface area contributed by atoms with E-state index in [1.165, 1.54) is 135 Å². The number of hydrogen-bond donors (Lipinski definition) is 3. The number of quaternary nitrogens is 1. The van der Waals surface area contributed by atoms with Crippen molar-refractivity contribution in [1.82, 2.24) is 5.32 Å². The van der Waals surface area contributed by atoms with Gasteiger partial charge in [-0.15, -0.1) is 0 Å². The van der Waals surface area contributed by atoms with Gasteiger partial charge in [-0.05, 0) is 57.8 Å². The molecule has 0 saturated heterocycles. The summed E-state index contributed by atoms with van der Waals surface area (Å²) >= 11 is 0. The molecule has 0 aliphatic carbocycles. The maximum atomic E-state index is 12.9. The molecular formula is C49H94N2O6P+. The fourth-order valence-corrected chi connectivity index (χ4v) is 7.43. The number of phosphoric acid groups is 1. The Balaban J connectivity index is 4.24. The molecule has 0 bridgehead atoms. The molecule has 0 rings (SSSR count). The van der Waals surface area contributed by atoms with Crippen LogP contribution in [0.15, 0.2) is 48.6 Å². The Bertz CT molecular complexity index is 1090. The molecule has 3 N–H and O–H groups in total. The third-order valence-electron chi connectivity index (χ3n) is 10.5. The van der Waals surface area contributed by atoms with Crippen molar-refractivity contribution in [2.75, 3.05) is 40.9 Å². The highest BCUT2D eigenvalue weighted by Gasteiger charge is 2.27. The van der Waals surface area contributed by atoms with E-state index in [9.17, 15) is 19.4 Å². The fourth-order valence-electron chi connectivity index (χ4n) is 6.69. The largest absolute Gasteiger partial charge is 0.472 e. The zero-order valence-corrected chi connectivity index (χ0v) is 39.4. The van der Waals surface area contributed by atoms with Crippen molar-refractivity contribution >= 4 is 13.7 Å². The minimum Gasteiger partial charge on any atom is -0.387 e. The van der Waals surface area contributed by atoms with Gasteiger partial charge in [0.15, 0.2) is 0 Å². The first-order chi connectivity index (χ1) is 28.0. The first-order valence-corrected chi connectivity index (χ1v) is 25.5. The number of nitrogens with one attached hydrogen (secondary N) is 1. The van der Waals surface area contributed by atoms with Crippen molar-refractivity contribution in [3.8, 4) is 0 Å². The minimum atomic E-state index is -4.34. The number of carbonyl (C=O) groups excluding carboxylic acids is 1. The van der Waals surface area contributed by atoms with Crippen LogP contribution in [-0.2, 0) is 18.4 Å². The molecule has 0 fully saturated rings. The van der Waals surface area contributed by atoms with Crippen LogP contribution in [0.4, 0.5) is 0 Å². The van der Waals surface area contributed by atoms with E-state index in [4.69, 9.17) is 9.05 Å². The summed E-state index contributed by atoms with van der Waals surface area (Å²) < 4.78 is 23.5. The lowest BCUT2D eigenvalue weighted by Gasteiger charge is -2.25. The minimum absolute atomic E-state index is 0.0594.